The highest BCUT2D eigenvalue weighted by Gasteiger charge is 2.21. The molecule has 0 fully saturated rings. The summed E-state index contributed by atoms with van der Waals surface area (Å²) in [4.78, 5) is 24.3. The highest BCUT2D eigenvalue weighted by Crippen LogP contribution is 2.32. The Labute approximate surface area is 167 Å². The van der Waals surface area contributed by atoms with Gasteiger partial charge in [0.2, 0.25) is 0 Å². The third-order valence-electron chi connectivity index (χ3n) is 3.90. The summed E-state index contributed by atoms with van der Waals surface area (Å²) in [6.45, 7) is 1.42. The summed E-state index contributed by atoms with van der Waals surface area (Å²) in [7, 11) is 0. The van der Waals surface area contributed by atoms with Gasteiger partial charge in [-0.15, -0.1) is 11.3 Å². The quantitative estimate of drug-likeness (QED) is 0.416. The summed E-state index contributed by atoms with van der Waals surface area (Å²) >= 11 is 6.49. The Morgan fingerprint density at radius 1 is 1.31 bits per heavy atom. The fourth-order valence-electron chi connectivity index (χ4n) is 2.65. The minimum Gasteiger partial charge on any atom is -0.337 e. The Bertz CT molecular complexity index is 1010. The Balaban J connectivity index is 1.61. The number of amides is 1. The predicted octanol–water partition coefficient (Wildman–Crippen LogP) is 5.05. The molecule has 26 heavy (non-hydrogen) atoms. The van der Waals surface area contributed by atoms with Crippen molar-refractivity contribution in [2.45, 2.75) is 13.0 Å². The smallest absolute Gasteiger partial charge is 0.270 e. The first-order valence-electron chi connectivity index (χ1n) is 8.08. The van der Waals surface area contributed by atoms with Crippen molar-refractivity contribution in [2.75, 3.05) is 11.4 Å². The van der Waals surface area contributed by atoms with Gasteiger partial charge >= 0.3 is 0 Å². The summed E-state index contributed by atoms with van der Waals surface area (Å²) in [6, 6.07) is 9.74. The van der Waals surface area contributed by atoms with Gasteiger partial charge in [-0.3, -0.25) is 9.69 Å². The molecule has 0 radical (unpaired) electrons. The highest BCUT2D eigenvalue weighted by molar-refractivity contribution is 9.10. The van der Waals surface area contributed by atoms with Crippen molar-refractivity contribution in [3.05, 3.63) is 63.8 Å². The van der Waals surface area contributed by atoms with Crippen LogP contribution in [0.15, 0.2) is 58.9 Å². The molecular formula is C18H15BrN4OS2. The first-order chi connectivity index (χ1) is 12.7. The van der Waals surface area contributed by atoms with Crippen LogP contribution in [0.25, 0.3) is 10.2 Å². The van der Waals surface area contributed by atoms with Crippen molar-refractivity contribution in [3.8, 4) is 0 Å². The average molecular weight is 447 g/mol. The topological polar surface area (TPSA) is 51.0 Å². The van der Waals surface area contributed by atoms with Crippen LogP contribution in [0, 0.1) is 0 Å². The Morgan fingerprint density at radius 3 is 3.00 bits per heavy atom. The number of thiophene rings is 1. The lowest BCUT2D eigenvalue weighted by Crippen LogP contribution is -2.31. The molecule has 4 rings (SSSR count). The van der Waals surface area contributed by atoms with E-state index in [1.54, 1.807) is 28.8 Å². The zero-order valence-corrected chi connectivity index (χ0v) is 16.9. The standard InChI is InChI=1S/C18H15BrN4OS2/c19-13-4-5-14-16(11-13)26-18(21-14)23(17(24)15-3-1-10-25-15)8-2-7-22-9-6-20-12-22/h1,3-6,9-12H,2,7-8H2. The van der Waals surface area contributed by atoms with Gasteiger partial charge in [0.25, 0.3) is 5.91 Å². The van der Waals surface area contributed by atoms with Crippen molar-refractivity contribution < 1.29 is 4.79 Å². The van der Waals surface area contributed by atoms with E-state index in [-0.39, 0.29) is 5.91 Å². The second-order valence-corrected chi connectivity index (χ2v) is 8.57. The fraction of sp³-hybridized carbons (Fsp3) is 0.167. The van der Waals surface area contributed by atoms with E-state index in [1.807, 2.05) is 46.5 Å². The maximum atomic E-state index is 13.0. The Hall–Kier alpha value is -2.03. The van der Waals surface area contributed by atoms with Crippen LogP contribution in [0.3, 0.4) is 0 Å². The molecular weight excluding hydrogens is 432 g/mol. The van der Waals surface area contributed by atoms with E-state index in [2.05, 4.69) is 25.9 Å². The maximum Gasteiger partial charge on any atom is 0.270 e. The third kappa shape index (κ3) is 3.72. The second kappa shape index (κ2) is 7.69. The van der Waals surface area contributed by atoms with E-state index in [4.69, 9.17) is 0 Å². The monoisotopic (exact) mass is 446 g/mol. The zero-order chi connectivity index (χ0) is 17.9. The van der Waals surface area contributed by atoms with Crippen LogP contribution in [-0.2, 0) is 6.54 Å². The van der Waals surface area contributed by atoms with Gasteiger partial charge in [0.1, 0.15) is 0 Å². The molecule has 0 unspecified atom stereocenters. The molecule has 0 aliphatic heterocycles. The maximum absolute atomic E-state index is 13.0. The van der Waals surface area contributed by atoms with E-state index in [1.165, 1.54) is 11.3 Å². The number of nitrogens with zero attached hydrogens (tertiary/aromatic N) is 4. The molecule has 8 heteroatoms. The number of aryl methyl sites for hydroxylation is 1. The van der Waals surface area contributed by atoms with Crippen LogP contribution in [0.2, 0.25) is 0 Å². The molecule has 132 valence electrons. The Morgan fingerprint density at radius 2 is 2.23 bits per heavy atom. The lowest BCUT2D eigenvalue weighted by atomic mass is 10.3. The van der Waals surface area contributed by atoms with Crippen molar-refractivity contribution >= 4 is 59.9 Å². The first kappa shape index (κ1) is 17.4. The Kier molecular flexibility index (Phi) is 5.14. The van der Waals surface area contributed by atoms with Crippen LogP contribution in [-0.4, -0.2) is 27.0 Å². The number of rotatable bonds is 6. The number of imidazole rings is 1. The fourth-order valence-corrected chi connectivity index (χ4v) is 4.86. The summed E-state index contributed by atoms with van der Waals surface area (Å²) in [6.07, 6.45) is 6.31. The number of thiazole rings is 1. The third-order valence-corrected chi connectivity index (χ3v) is 6.30. The summed E-state index contributed by atoms with van der Waals surface area (Å²) in [5.74, 6) is 0.00347. The van der Waals surface area contributed by atoms with Crippen molar-refractivity contribution in [3.63, 3.8) is 0 Å². The number of anilines is 1. The van der Waals surface area contributed by atoms with Gasteiger partial charge < -0.3 is 4.57 Å². The first-order valence-corrected chi connectivity index (χ1v) is 10.6. The molecule has 0 aliphatic rings. The van der Waals surface area contributed by atoms with Gasteiger partial charge in [0.05, 0.1) is 21.4 Å². The van der Waals surface area contributed by atoms with Gasteiger partial charge in [-0.1, -0.05) is 33.3 Å². The van der Waals surface area contributed by atoms with Gasteiger partial charge in [-0.2, -0.15) is 0 Å². The minimum absolute atomic E-state index is 0.00347. The summed E-state index contributed by atoms with van der Waals surface area (Å²) in [5, 5.41) is 2.66. The molecule has 5 nitrogen and oxygen atoms in total. The van der Waals surface area contributed by atoms with E-state index in [9.17, 15) is 4.79 Å². The number of halogens is 1. The molecule has 1 amide bonds. The number of hydrogen-bond acceptors (Lipinski definition) is 5. The highest BCUT2D eigenvalue weighted by atomic mass is 79.9. The average Bonchev–Trinajstić information content (AvgIpc) is 3.38. The van der Waals surface area contributed by atoms with E-state index < -0.39 is 0 Å². The zero-order valence-electron chi connectivity index (χ0n) is 13.7. The van der Waals surface area contributed by atoms with Crippen molar-refractivity contribution in [2.24, 2.45) is 0 Å². The number of hydrogen-bond donors (Lipinski definition) is 0. The lowest BCUT2D eigenvalue weighted by Gasteiger charge is -2.19. The molecule has 3 heterocycles. The van der Waals surface area contributed by atoms with Gasteiger partial charge in [0.15, 0.2) is 5.13 Å². The molecule has 0 atom stereocenters. The van der Waals surface area contributed by atoms with Crippen LogP contribution in [0.4, 0.5) is 5.13 Å². The van der Waals surface area contributed by atoms with Gasteiger partial charge in [-0.25, -0.2) is 9.97 Å². The normalized spacial score (nSPS) is 11.1. The summed E-state index contributed by atoms with van der Waals surface area (Å²) in [5.41, 5.74) is 0.909. The van der Waals surface area contributed by atoms with Crippen LogP contribution in [0.5, 0.6) is 0 Å². The molecule has 0 saturated heterocycles. The molecule has 4 aromatic rings. The number of carbonyl (C=O) groups is 1. The van der Waals surface area contributed by atoms with E-state index in [0.717, 1.165) is 37.7 Å². The van der Waals surface area contributed by atoms with Gasteiger partial charge in [-0.05, 0) is 36.1 Å². The molecule has 0 spiro atoms. The number of fused-ring (bicyclic) bond motifs is 1. The molecule has 0 aliphatic carbocycles. The molecule has 3 aromatic heterocycles. The molecule has 0 N–H and O–H groups in total. The SMILES string of the molecule is O=C(c1cccs1)N(CCCn1ccnc1)c1nc2ccc(Br)cc2s1. The largest absolute Gasteiger partial charge is 0.337 e. The van der Waals surface area contributed by atoms with Crippen LogP contribution < -0.4 is 4.90 Å². The number of aromatic nitrogens is 3. The number of carbonyl (C=O) groups excluding carboxylic acids is 1. The van der Waals surface area contributed by atoms with Gasteiger partial charge in [0, 0.05) is 30.0 Å². The van der Waals surface area contributed by atoms with E-state index in [0.29, 0.717) is 6.54 Å². The van der Waals surface area contributed by atoms with Crippen LogP contribution in [0.1, 0.15) is 16.1 Å². The number of benzene rings is 1. The predicted molar refractivity (Wildman–Crippen MR) is 110 cm³/mol. The minimum atomic E-state index is 0.00347. The van der Waals surface area contributed by atoms with Crippen LogP contribution >= 0.6 is 38.6 Å². The molecule has 0 saturated carbocycles. The van der Waals surface area contributed by atoms with E-state index >= 15 is 0 Å². The van der Waals surface area contributed by atoms with Crippen molar-refractivity contribution in [1.82, 2.24) is 14.5 Å². The van der Waals surface area contributed by atoms with Crippen molar-refractivity contribution in [1.29, 1.82) is 0 Å². The summed E-state index contributed by atoms with van der Waals surface area (Å²) < 4.78 is 4.09. The lowest BCUT2D eigenvalue weighted by molar-refractivity contribution is 0.0990. The molecule has 0 bridgehead atoms. The second-order valence-electron chi connectivity index (χ2n) is 5.70. The molecule has 1 aromatic carbocycles.